The number of halogens is 2. The predicted molar refractivity (Wildman–Crippen MR) is 77.4 cm³/mol. The normalized spacial score (nSPS) is 10.8. The lowest BCUT2D eigenvalue weighted by molar-refractivity contribution is 1.31. The first kappa shape index (κ1) is 11.8. The van der Waals surface area contributed by atoms with Gasteiger partial charge in [-0.25, -0.2) is 4.98 Å². The van der Waals surface area contributed by atoms with Crippen molar-refractivity contribution >= 4 is 34.5 Å². The number of benzene rings is 1. The zero-order chi connectivity index (χ0) is 12.5. The first-order valence-corrected chi connectivity index (χ1v) is 6.92. The highest BCUT2D eigenvalue weighted by molar-refractivity contribution is 7.14. The number of aromatic amines is 1. The van der Waals surface area contributed by atoms with Gasteiger partial charge in [0.2, 0.25) is 0 Å². The first-order valence-electron chi connectivity index (χ1n) is 5.28. The molecule has 1 N–H and O–H groups in total. The monoisotopic (exact) mass is 294 g/mol. The Morgan fingerprint density at radius 1 is 1.06 bits per heavy atom. The Kier molecular flexibility index (Phi) is 3.12. The van der Waals surface area contributed by atoms with Crippen LogP contribution in [0.3, 0.4) is 0 Å². The summed E-state index contributed by atoms with van der Waals surface area (Å²) >= 11 is 13.5. The molecular weight excluding hydrogens is 287 g/mol. The Hall–Kier alpha value is -1.29. The van der Waals surface area contributed by atoms with E-state index in [0.717, 1.165) is 27.0 Å². The van der Waals surface area contributed by atoms with Gasteiger partial charge in [0, 0.05) is 10.6 Å². The fourth-order valence-corrected chi connectivity index (χ4v) is 2.93. The molecule has 0 bridgehead atoms. The summed E-state index contributed by atoms with van der Waals surface area (Å²) in [6.45, 7) is 0. The largest absolute Gasteiger partial charge is 0.337 e. The maximum absolute atomic E-state index is 6.10. The van der Waals surface area contributed by atoms with Crippen molar-refractivity contribution in [3.8, 4) is 22.0 Å². The summed E-state index contributed by atoms with van der Waals surface area (Å²) in [6.07, 6.45) is 1.79. The zero-order valence-corrected chi connectivity index (χ0v) is 11.5. The average Bonchev–Trinajstić information content (AvgIpc) is 2.98. The molecule has 90 valence electrons. The molecule has 5 heteroatoms. The van der Waals surface area contributed by atoms with Crippen LogP contribution in [0.5, 0.6) is 0 Å². The van der Waals surface area contributed by atoms with Gasteiger partial charge < -0.3 is 4.98 Å². The lowest BCUT2D eigenvalue weighted by atomic mass is 10.2. The van der Waals surface area contributed by atoms with E-state index in [1.165, 1.54) is 0 Å². The standard InChI is InChI=1S/C13H8Cl2N2S/c14-9-3-1-8(2-4-9)13-16-7-11(17-13)12-10(15)5-6-18-12/h1-7H,(H,16,17). The summed E-state index contributed by atoms with van der Waals surface area (Å²) in [5.41, 5.74) is 1.93. The van der Waals surface area contributed by atoms with Crippen LogP contribution in [-0.4, -0.2) is 9.97 Å². The highest BCUT2D eigenvalue weighted by atomic mass is 35.5. The number of imidazole rings is 1. The third-order valence-corrected chi connectivity index (χ3v) is 4.18. The minimum Gasteiger partial charge on any atom is -0.337 e. The topological polar surface area (TPSA) is 28.7 Å². The second kappa shape index (κ2) is 4.76. The number of thiophene rings is 1. The van der Waals surface area contributed by atoms with Crippen LogP contribution in [-0.2, 0) is 0 Å². The smallest absolute Gasteiger partial charge is 0.137 e. The van der Waals surface area contributed by atoms with Gasteiger partial charge in [0.15, 0.2) is 0 Å². The van der Waals surface area contributed by atoms with E-state index in [-0.39, 0.29) is 0 Å². The number of nitrogens with zero attached hydrogens (tertiary/aromatic N) is 1. The fraction of sp³-hybridized carbons (Fsp3) is 0. The Morgan fingerprint density at radius 3 is 2.50 bits per heavy atom. The molecule has 0 fully saturated rings. The first-order chi connectivity index (χ1) is 8.74. The summed E-state index contributed by atoms with van der Waals surface area (Å²) < 4.78 is 0. The van der Waals surface area contributed by atoms with Gasteiger partial charge >= 0.3 is 0 Å². The molecule has 0 aliphatic carbocycles. The number of hydrogen-bond acceptors (Lipinski definition) is 2. The molecule has 0 spiro atoms. The molecule has 0 aliphatic heterocycles. The van der Waals surface area contributed by atoms with Crippen molar-refractivity contribution in [2.45, 2.75) is 0 Å². The second-order valence-electron chi connectivity index (χ2n) is 3.75. The van der Waals surface area contributed by atoms with E-state index in [9.17, 15) is 0 Å². The van der Waals surface area contributed by atoms with Crippen molar-refractivity contribution in [2.24, 2.45) is 0 Å². The maximum atomic E-state index is 6.10. The minimum atomic E-state index is 0.715. The molecule has 0 amide bonds. The molecule has 2 aromatic heterocycles. The van der Waals surface area contributed by atoms with Gasteiger partial charge in [-0.15, -0.1) is 11.3 Å². The number of nitrogens with one attached hydrogen (secondary N) is 1. The van der Waals surface area contributed by atoms with Gasteiger partial charge in [-0.1, -0.05) is 23.2 Å². The zero-order valence-electron chi connectivity index (χ0n) is 9.15. The quantitative estimate of drug-likeness (QED) is 0.699. The predicted octanol–water partition coefficient (Wildman–Crippen LogP) is 5.11. The minimum absolute atomic E-state index is 0.715. The molecule has 2 nitrogen and oxygen atoms in total. The molecule has 0 aliphatic rings. The van der Waals surface area contributed by atoms with Gasteiger partial charge in [-0.3, -0.25) is 0 Å². The number of hydrogen-bond donors (Lipinski definition) is 1. The molecule has 18 heavy (non-hydrogen) atoms. The highest BCUT2D eigenvalue weighted by Gasteiger charge is 2.09. The number of rotatable bonds is 2. The third kappa shape index (κ3) is 2.17. The van der Waals surface area contributed by atoms with Crippen molar-refractivity contribution in [2.75, 3.05) is 0 Å². The van der Waals surface area contributed by atoms with Crippen molar-refractivity contribution in [1.29, 1.82) is 0 Å². The van der Waals surface area contributed by atoms with E-state index < -0.39 is 0 Å². The van der Waals surface area contributed by atoms with Crippen LogP contribution >= 0.6 is 34.5 Å². The Bertz CT molecular complexity index is 670. The lowest BCUT2D eigenvalue weighted by Gasteiger charge is -1.97. The molecule has 0 unspecified atom stereocenters. The van der Waals surface area contributed by atoms with Crippen LogP contribution in [0.2, 0.25) is 10.0 Å². The van der Waals surface area contributed by atoms with Crippen molar-refractivity contribution in [1.82, 2.24) is 9.97 Å². The number of aromatic nitrogens is 2. The van der Waals surface area contributed by atoms with Gasteiger partial charge in [0.05, 0.1) is 21.8 Å². The lowest BCUT2D eigenvalue weighted by Crippen LogP contribution is -1.79. The van der Waals surface area contributed by atoms with Crippen LogP contribution < -0.4 is 0 Å². The molecule has 0 saturated heterocycles. The van der Waals surface area contributed by atoms with E-state index in [2.05, 4.69) is 9.97 Å². The molecular formula is C13H8Cl2N2S. The average molecular weight is 295 g/mol. The molecule has 0 atom stereocenters. The van der Waals surface area contributed by atoms with Crippen LogP contribution in [0.25, 0.3) is 22.0 Å². The third-order valence-electron chi connectivity index (χ3n) is 2.56. The summed E-state index contributed by atoms with van der Waals surface area (Å²) in [6, 6.07) is 9.43. The second-order valence-corrected chi connectivity index (χ2v) is 5.51. The van der Waals surface area contributed by atoms with Crippen LogP contribution in [0, 0.1) is 0 Å². The summed E-state index contributed by atoms with van der Waals surface area (Å²) in [7, 11) is 0. The van der Waals surface area contributed by atoms with Crippen LogP contribution in [0.4, 0.5) is 0 Å². The molecule has 1 aromatic carbocycles. The van der Waals surface area contributed by atoms with Gasteiger partial charge in [0.1, 0.15) is 5.82 Å². The van der Waals surface area contributed by atoms with E-state index in [4.69, 9.17) is 23.2 Å². The summed E-state index contributed by atoms with van der Waals surface area (Å²) in [5, 5.41) is 3.42. The van der Waals surface area contributed by atoms with E-state index in [0.29, 0.717) is 5.02 Å². The highest BCUT2D eigenvalue weighted by Crippen LogP contribution is 2.33. The van der Waals surface area contributed by atoms with Crippen molar-refractivity contribution in [3.05, 3.63) is 52.0 Å². The van der Waals surface area contributed by atoms with Crippen molar-refractivity contribution < 1.29 is 0 Å². The van der Waals surface area contributed by atoms with E-state index in [1.807, 2.05) is 35.7 Å². The molecule has 0 radical (unpaired) electrons. The van der Waals surface area contributed by atoms with Gasteiger partial charge in [0.25, 0.3) is 0 Å². The Balaban J connectivity index is 1.99. The summed E-state index contributed by atoms with van der Waals surface area (Å²) in [5.74, 6) is 0.811. The van der Waals surface area contributed by atoms with Crippen LogP contribution in [0.1, 0.15) is 0 Å². The summed E-state index contributed by atoms with van der Waals surface area (Å²) in [4.78, 5) is 8.63. The molecule has 3 rings (SSSR count). The molecule has 0 saturated carbocycles. The van der Waals surface area contributed by atoms with Crippen molar-refractivity contribution in [3.63, 3.8) is 0 Å². The van der Waals surface area contributed by atoms with Gasteiger partial charge in [-0.05, 0) is 35.7 Å². The van der Waals surface area contributed by atoms with E-state index in [1.54, 1.807) is 17.5 Å². The van der Waals surface area contributed by atoms with Gasteiger partial charge in [-0.2, -0.15) is 0 Å². The number of H-pyrrole nitrogens is 1. The Morgan fingerprint density at radius 2 is 1.83 bits per heavy atom. The Labute approximate surface area is 118 Å². The molecule has 3 aromatic rings. The van der Waals surface area contributed by atoms with E-state index >= 15 is 0 Å². The SMILES string of the molecule is Clc1ccc(-c2ncc(-c3sccc3Cl)[nH]2)cc1. The van der Waals surface area contributed by atoms with Crippen LogP contribution in [0.15, 0.2) is 41.9 Å². The maximum Gasteiger partial charge on any atom is 0.137 e. The molecule has 2 heterocycles. The fourth-order valence-electron chi connectivity index (χ4n) is 1.68.